The Balaban J connectivity index is 1.80. The SMILES string of the molecule is CCCC(=O)O[C@]1(C(=O)COC(C)=O)CCC2C3CC(F)C4=CC(=O)C=C[C@]4(C)[C@@]3(F)C(O)C[C@@]21C. The van der Waals surface area contributed by atoms with Crippen LogP contribution >= 0.6 is 0 Å². The largest absolute Gasteiger partial charge is 0.458 e. The predicted octanol–water partition coefficient (Wildman–Crippen LogP) is 3.52. The van der Waals surface area contributed by atoms with Crippen molar-refractivity contribution in [1.82, 2.24) is 0 Å². The van der Waals surface area contributed by atoms with Gasteiger partial charge in [0, 0.05) is 30.1 Å². The summed E-state index contributed by atoms with van der Waals surface area (Å²) in [6.07, 6.45) is 0.783. The lowest BCUT2D eigenvalue weighted by molar-refractivity contribution is -0.229. The maximum atomic E-state index is 17.2. The average molecular weight is 509 g/mol. The van der Waals surface area contributed by atoms with Crippen LogP contribution in [0.1, 0.15) is 66.2 Å². The van der Waals surface area contributed by atoms with E-state index in [0.717, 1.165) is 13.0 Å². The number of hydrogen-bond donors (Lipinski definition) is 1. The molecule has 0 aromatic rings. The first-order chi connectivity index (χ1) is 16.8. The number of aliphatic hydroxyl groups is 1. The van der Waals surface area contributed by atoms with E-state index < -0.39 is 76.3 Å². The van der Waals surface area contributed by atoms with Gasteiger partial charge in [0.2, 0.25) is 5.78 Å². The summed E-state index contributed by atoms with van der Waals surface area (Å²) in [4.78, 5) is 49.6. The number of hydrogen-bond acceptors (Lipinski definition) is 7. The number of carbonyl (C=O) groups excluding carboxylic acids is 4. The molecule has 9 heteroatoms. The zero-order valence-electron chi connectivity index (χ0n) is 21.1. The monoisotopic (exact) mass is 508 g/mol. The lowest BCUT2D eigenvalue weighted by Crippen LogP contribution is -2.70. The van der Waals surface area contributed by atoms with Crippen LogP contribution in [0.2, 0.25) is 0 Å². The van der Waals surface area contributed by atoms with E-state index in [9.17, 15) is 24.3 Å². The van der Waals surface area contributed by atoms with Gasteiger partial charge in [0.1, 0.15) is 6.17 Å². The van der Waals surface area contributed by atoms with Gasteiger partial charge in [-0.1, -0.05) is 19.9 Å². The molecule has 7 nitrogen and oxygen atoms in total. The molecule has 36 heavy (non-hydrogen) atoms. The third-order valence-electron chi connectivity index (χ3n) is 9.35. The van der Waals surface area contributed by atoms with E-state index in [-0.39, 0.29) is 37.7 Å². The van der Waals surface area contributed by atoms with Crippen molar-refractivity contribution in [1.29, 1.82) is 0 Å². The highest BCUT2D eigenvalue weighted by Gasteiger charge is 2.76. The number of allylic oxidation sites excluding steroid dienone is 4. The Morgan fingerprint density at radius 3 is 2.56 bits per heavy atom. The van der Waals surface area contributed by atoms with Crippen LogP contribution in [0.15, 0.2) is 23.8 Å². The number of ketones is 2. The summed E-state index contributed by atoms with van der Waals surface area (Å²) in [5, 5.41) is 11.4. The van der Waals surface area contributed by atoms with Crippen molar-refractivity contribution in [3.05, 3.63) is 23.8 Å². The van der Waals surface area contributed by atoms with E-state index >= 15 is 8.78 Å². The standard InChI is InChI=1S/C27H34F2O7/c1-5-6-23(34)36-26(22(33)14-35-15(2)30)10-8-17-18-12-20(28)19-11-16(31)7-9-24(19,3)27(18,29)21(32)13-25(17,26)4/h7,9,11,17-18,20-21,32H,5-6,8,10,12-14H2,1-4H3/t17?,18?,20?,21?,24-,25-,26-,27-/m0/s1. The third-order valence-corrected chi connectivity index (χ3v) is 9.35. The van der Waals surface area contributed by atoms with Crippen LogP contribution in [0.25, 0.3) is 0 Å². The Kier molecular flexibility index (Phi) is 6.55. The minimum absolute atomic E-state index is 0.0148. The van der Waals surface area contributed by atoms with Gasteiger partial charge in [-0.3, -0.25) is 19.2 Å². The first kappa shape index (κ1) is 26.6. The molecule has 4 aliphatic carbocycles. The molecule has 0 radical (unpaired) electrons. The normalized spacial score (nSPS) is 43.1. The Morgan fingerprint density at radius 1 is 1.22 bits per heavy atom. The minimum Gasteiger partial charge on any atom is -0.458 e. The van der Waals surface area contributed by atoms with Gasteiger partial charge in [-0.15, -0.1) is 0 Å². The Morgan fingerprint density at radius 2 is 1.92 bits per heavy atom. The Hall–Kier alpha value is -2.42. The zero-order valence-corrected chi connectivity index (χ0v) is 21.1. The van der Waals surface area contributed by atoms with Crippen molar-refractivity contribution in [3.8, 4) is 0 Å². The fourth-order valence-electron chi connectivity index (χ4n) is 7.61. The number of esters is 2. The molecule has 0 amide bonds. The van der Waals surface area contributed by atoms with Gasteiger partial charge in [0.15, 0.2) is 23.7 Å². The lowest BCUT2D eigenvalue weighted by atomic mass is 9.44. The first-order valence-electron chi connectivity index (χ1n) is 12.6. The lowest BCUT2D eigenvalue weighted by Gasteiger charge is -2.63. The van der Waals surface area contributed by atoms with Gasteiger partial charge in [-0.2, -0.15) is 0 Å². The highest BCUT2D eigenvalue weighted by atomic mass is 19.1. The minimum atomic E-state index is -2.30. The fraction of sp³-hybridized carbons (Fsp3) is 0.704. The average Bonchev–Trinajstić information content (AvgIpc) is 3.08. The summed E-state index contributed by atoms with van der Waals surface area (Å²) >= 11 is 0. The van der Waals surface area contributed by atoms with Crippen LogP contribution < -0.4 is 0 Å². The summed E-state index contributed by atoms with van der Waals surface area (Å²) < 4.78 is 43.6. The predicted molar refractivity (Wildman–Crippen MR) is 124 cm³/mol. The molecular formula is C27H34F2O7. The van der Waals surface area contributed by atoms with Gasteiger partial charge in [-0.05, 0) is 62.7 Å². The number of alkyl halides is 2. The maximum absolute atomic E-state index is 17.2. The molecule has 3 saturated carbocycles. The molecule has 0 spiro atoms. The van der Waals surface area contributed by atoms with E-state index in [1.165, 1.54) is 19.1 Å². The second kappa shape index (κ2) is 8.85. The molecule has 0 saturated heterocycles. The number of Topliss-reactive ketones (excluding diaryl/α,β-unsaturated/α-hetero) is 1. The van der Waals surface area contributed by atoms with Crippen molar-refractivity contribution in [3.63, 3.8) is 0 Å². The number of fused-ring (bicyclic) bond motifs is 5. The summed E-state index contributed by atoms with van der Waals surface area (Å²) in [5.41, 5.74) is -6.80. The smallest absolute Gasteiger partial charge is 0.306 e. The Labute approximate surface area is 209 Å². The molecule has 0 bridgehead atoms. The van der Waals surface area contributed by atoms with Crippen molar-refractivity contribution in [2.75, 3.05) is 6.61 Å². The summed E-state index contributed by atoms with van der Waals surface area (Å²) in [5.74, 6) is -3.96. The molecule has 0 aromatic heterocycles. The number of ether oxygens (including phenoxy) is 2. The van der Waals surface area contributed by atoms with Crippen LogP contribution in [0.5, 0.6) is 0 Å². The topological polar surface area (TPSA) is 107 Å². The summed E-state index contributed by atoms with van der Waals surface area (Å²) in [6.45, 7) is 5.50. The number of carbonyl (C=O) groups is 4. The zero-order chi connectivity index (χ0) is 26.7. The molecule has 8 atom stereocenters. The number of rotatable bonds is 6. The van der Waals surface area contributed by atoms with Crippen molar-refractivity contribution in [2.24, 2.45) is 22.7 Å². The highest BCUT2D eigenvalue weighted by Crippen LogP contribution is 2.70. The van der Waals surface area contributed by atoms with Gasteiger partial charge in [0.05, 0.1) is 6.10 Å². The summed E-state index contributed by atoms with van der Waals surface area (Å²) in [7, 11) is 0. The van der Waals surface area contributed by atoms with Gasteiger partial charge in [-0.25, -0.2) is 8.78 Å². The van der Waals surface area contributed by atoms with Crippen LogP contribution in [-0.2, 0) is 28.7 Å². The molecule has 4 aliphatic rings. The van der Waals surface area contributed by atoms with E-state index in [1.807, 2.05) is 0 Å². The van der Waals surface area contributed by atoms with E-state index in [1.54, 1.807) is 13.8 Å². The van der Waals surface area contributed by atoms with Gasteiger partial charge < -0.3 is 14.6 Å². The highest BCUT2D eigenvalue weighted by molar-refractivity contribution is 6.01. The van der Waals surface area contributed by atoms with Crippen LogP contribution in [-0.4, -0.2) is 58.8 Å². The van der Waals surface area contributed by atoms with Crippen molar-refractivity contribution >= 4 is 23.5 Å². The van der Waals surface area contributed by atoms with E-state index in [4.69, 9.17) is 9.47 Å². The Bertz CT molecular complexity index is 1050. The van der Waals surface area contributed by atoms with Crippen molar-refractivity contribution in [2.45, 2.75) is 89.8 Å². The van der Waals surface area contributed by atoms with Gasteiger partial charge in [0.25, 0.3) is 0 Å². The summed E-state index contributed by atoms with van der Waals surface area (Å²) in [6, 6.07) is 0. The maximum Gasteiger partial charge on any atom is 0.306 e. The number of halogens is 2. The molecule has 3 fully saturated rings. The molecular weight excluding hydrogens is 474 g/mol. The molecule has 4 rings (SSSR count). The third kappa shape index (κ3) is 3.52. The van der Waals surface area contributed by atoms with Crippen molar-refractivity contribution < 1.29 is 42.5 Å². The molecule has 1 N–H and O–H groups in total. The molecule has 198 valence electrons. The first-order valence-corrected chi connectivity index (χ1v) is 12.6. The fourth-order valence-corrected chi connectivity index (χ4v) is 7.61. The molecule has 0 aromatic carbocycles. The molecule has 4 unspecified atom stereocenters. The molecule has 0 aliphatic heterocycles. The second-order valence-electron chi connectivity index (χ2n) is 11.2. The number of aliphatic hydroxyl groups excluding tert-OH is 1. The molecule has 0 heterocycles. The van der Waals surface area contributed by atoms with Crippen LogP contribution in [0.4, 0.5) is 8.78 Å². The van der Waals surface area contributed by atoms with Crippen LogP contribution in [0, 0.1) is 22.7 Å². The van der Waals surface area contributed by atoms with Gasteiger partial charge >= 0.3 is 11.9 Å². The van der Waals surface area contributed by atoms with Crippen LogP contribution in [0.3, 0.4) is 0 Å². The van der Waals surface area contributed by atoms with E-state index in [0.29, 0.717) is 6.42 Å². The van der Waals surface area contributed by atoms with E-state index in [2.05, 4.69) is 0 Å². The quantitative estimate of drug-likeness (QED) is 0.547. The second-order valence-corrected chi connectivity index (χ2v) is 11.2.